The van der Waals surface area contributed by atoms with E-state index in [2.05, 4.69) is 6.92 Å². The number of amides is 1. The Bertz CT molecular complexity index is 262. The SMILES string of the molecule is CCCCCCCCCCCC(=O)N(C)CC(=O)[O-].O.[Na+]. The number of nitrogens with zero attached hydrogens (tertiary/aromatic N) is 1. The van der Waals surface area contributed by atoms with Crippen LogP contribution >= 0.6 is 0 Å². The number of carbonyl (C=O) groups is 2. The second-order valence-corrected chi connectivity index (χ2v) is 5.20. The minimum absolute atomic E-state index is 0. The third-order valence-corrected chi connectivity index (χ3v) is 3.29. The standard InChI is InChI=1S/C15H29NO3.Na.H2O/c1-3-4-5-6-7-8-9-10-11-12-14(17)16(2)13-15(18)19;;/h3-13H2,1-2H3,(H,18,19);;1H2/q;+1;/p-1. The van der Waals surface area contributed by atoms with Gasteiger partial charge in [-0.25, -0.2) is 0 Å². The Hall–Kier alpha value is -0.100. The van der Waals surface area contributed by atoms with E-state index in [0.717, 1.165) is 12.8 Å². The summed E-state index contributed by atoms with van der Waals surface area (Å²) < 4.78 is 0. The van der Waals surface area contributed by atoms with Gasteiger partial charge in [-0.3, -0.25) is 4.79 Å². The summed E-state index contributed by atoms with van der Waals surface area (Å²) in [6.45, 7) is 1.91. The van der Waals surface area contributed by atoms with Crippen LogP contribution in [0.2, 0.25) is 0 Å². The number of carboxylic acid groups (broad SMARTS) is 1. The van der Waals surface area contributed by atoms with Gasteiger partial charge in [-0.1, -0.05) is 58.3 Å². The van der Waals surface area contributed by atoms with Crippen molar-refractivity contribution in [2.45, 2.75) is 71.1 Å². The molecule has 0 rings (SSSR count). The number of carboxylic acids is 1. The molecular weight excluding hydrogens is 281 g/mol. The number of carbonyl (C=O) groups excluding carboxylic acids is 2. The van der Waals surface area contributed by atoms with Crippen LogP contribution in [0.3, 0.4) is 0 Å². The molecule has 0 aliphatic carbocycles. The first-order valence-corrected chi connectivity index (χ1v) is 7.51. The first kappa shape index (κ1) is 25.8. The summed E-state index contributed by atoms with van der Waals surface area (Å²) in [4.78, 5) is 23.1. The van der Waals surface area contributed by atoms with Gasteiger partial charge < -0.3 is 20.3 Å². The molecule has 0 aromatic carbocycles. The van der Waals surface area contributed by atoms with Crippen LogP contribution in [0.25, 0.3) is 0 Å². The average Bonchev–Trinajstić information content (AvgIpc) is 2.35. The molecule has 0 saturated heterocycles. The van der Waals surface area contributed by atoms with Crippen LogP contribution in [-0.4, -0.2) is 35.8 Å². The van der Waals surface area contributed by atoms with Crippen LogP contribution < -0.4 is 34.7 Å². The minimum atomic E-state index is -1.21. The van der Waals surface area contributed by atoms with Crippen LogP contribution in [0.1, 0.15) is 71.1 Å². The minimum Gasteiger partial charge on any atom is -0.548 e. The first-order valence-electron chi connectivity index (χ1n) is 7.51. The largest absolute Gasteiger partial charge is 1.00 e. The summed E-state index contributed by atoms with van der Waals surface area (Å²) in [5, 5.41) is 10.3. The molecule has 0 bridgehead atoms. The monoisotopic (exact) mass is 311 g/mol. The van der Waals surface area contributed by atoms with E-state index in [4.69, 9.17) is 0 Å². The van der Waals surface area contributed by atoms with Gasteiger partial charge in [-0.2, -0.15) is 0 Å². The molecule has 120 valence electrons. The van der Waals surface area contributed by atoms with Crippen molar-refractivity contribution in [3.05, 3.63) is 0 Å². The molecule has 0 fully saturated rings. The second kappa shape index (κ2) is 18.0. The van der Waals surface area contributed by atoms with Crippen molar-refractivity contribution in [1.29, 1.82) is 0 Å². The van der Waals surface area contributed by atoms with Crippen molar-refractivity contribution in [3.8, 4) is 0 Å². The van der Waals surface area contributed by atoms with E-state index >= 15 is 0 Å². The summed E-state index contributed by atoms with van der Waals surface area (Å²) in [6, 6.07) is 0. The molecule has 6 heteroatoms. The van der Waals surface area contributed by atoms with Gasteiger partial charge in [0.2, 0.25) is 5.91 Å². The second-order valence-electron chi connectivity index (χ2n) is 5.20. The van der Waals surface area contributed by atoms with Crippen LogP contribution in [0, 0.1) is 0 Å². The number of hydrogen-bond acceptors (Lipinski definition) is 3. The smallest absolute Gasteiger partial charge is 0.548 e. The number of rotatable bonds is 12. The zero-order valence-corrected chi connectivity index (χ0v) is 16.0. The fourth-order valence-corrected chi connectivity index (χ4v) is 2.06. The molecule has 0 aliphatic heterocycles. The Morgan fingerprint density at radius 2 is 1.33 bits per heavy atom. The average molecular weight is 311 g/mol. The Kier molecular flexibility index (Phi) is 22.1. The molecule has 0 saturated carbocycles. The molecule has 0 atom stereocenters. The molecule has 0 spiro atoms. The summed E-state index contributed by atoms with van der Waals surface area (Å²) in [6.07, 6.45) is 11.3. The molecule has 0 aliphatic rings. The van der Waals surface area contributed by atoms with E-state index in [1.165, 1.54) is 56.9 Å². The molecule has 0 aromatic heterocycles. The Labute approximate surface area is 151 Å². The quantitative estimate of drug-likeness (QED) is 0.317. The van der Waals surface area contributed by atoms with E-state index < -0.39 is 5.97 Å². The van der Waals surface area contributed by atoms with Crippen LogP contribution in [0.4, 0.5) is 0 Å². The van der Waals surface area contributed by atoms with Gasteiger partial charge in [0.1, 0.15) is 0 Å². The predicted molar refractivity (Wildman–Crippen MR) is 78.1 cm³/mol. The van der Waals surface area contributed by atoms with Gasteiger partial charge in [0.05, 0.1) is 12.5 Å². The van der Waals surface area contributed by atoms with E-state index in [1.54, 1.807) is 0 Å². The fraction of sp³-hybridized carbons (Fsp3) is 0.867. The number of hydrogen-bond donors (Lipinski definition) is 0. The van der Waals surface area contributed by atoms with E-state index in [9.17, 15) is 14.7 Å². The van der Waals surface area contributed by atoms with Gasteiger partial charge in [-0.05, 0) is 6.42 Å². The Morgan fingerprint density at radius 3 is 1.76 bits per heavy atom. The molecule has 1 amide bonds. The first-order chi connectivity index (χ1) is 9.07. The molecule has 0 unspecified atom stereocenters. The molecular formula is C15H30NNaO4. The third-order valence-electron chi connectivity index (χ3n) is 3.29. The summed E-state index contributed by atoms with van der Waals surface area (Å²) in [7, 11) is 1.51. The summed E-state index contributed by atoms with van der Waals surface area (Å²) in [5.41, 5.74) is 0. The molecule has 2 N–H and O–H groups in total. The number of unbranched alkanes of at least 4 members (excludes halogenated alkanes) is 8. The molecule has 21 heavy (non-hydrogen) atoms. The van der Waals surface area contributed by atoms with Crippen LogP contribution in [-0.2, 0) is 9.59 Å². The third kappa shape index (κ3) is 17.8. The molecule has 5 nitrogen and oxygen atoms in total. The topological polar surface area (TPSA) is 91.9 Å². The maximum absolute atomic E-state index is 11.5. The van der Waals surface area contributed by atoms with Crippen LogP contribution in [0.5, 0.6) is 0 Å². The van der Waals surface area contributed by atoms with Crippen molar-refractivity contribution < 1.29 is 49.7 Å². The zero-order valence-electron chi connectivity index (χ0n) is 14.0. The fourth-order valence-electron chi connectivity index (χ4n) is 2.06. The summed E-state index contributed by atoms with van der Waals surface area (Å²) >= 11 is 0. The van der Waals surface area contributed by atoms with Gasteiger partial charge in [0.15, 0.2) is 0 Å². The van der Waals surface area contributed by atoms with Crippen molar-refractivity contribution in [2.24, 2.45) is 0 Å². The zero-order chi connectivity index (χ0) is 14.5. The number of aliphatic carboxylic acids is 1. The van der Waals surface area contributed by atoms with Gasteiger partial charge in [0.25, 0.3) is 0 Å². The molecule has 0 heterocycles. The van der Waals surface area contributed by atoms with E-state index in [1.807, 2.05) is 0 Å². The van der Waals surface area contributed by atoms with E-state index in [-0.39, 0.29) is 47.5 Å². The van der Waals surface area contributed by atoms with Gasteiger partial charge in [0, 0.05) is 13.5 Å². The molecule has 0 radical (unpaired) electrons. The van der Waals surface area contributed by atoms with Crippen molar-refractivity contribution >= 4 is 11.9 Å². The van der Waals surface area contributed by atoms with Crippen molar-refractivity contribution in [2.75, 3.05) is 13.6 Å². The molecule has 0 aromatic rings. The van der Waals surface area contributed by atoms with E-state index in [0.29, 0.717) is 6.42 Å². The van der Waals surface area contributed by atoms with Crippen molar-refractivity contribution in [3.63, 3.8) is 0 Å². The maximum atomic E-state index is 11.5. The maximum Gasteiger partial charge on any atom is 1.00 e. The number of likely N-dealkylation sites (N-methyl/N-ethyl adjacent to an activating group) is 1. The Balaban J connectivity index is -0.00000162. The van der Waals surface area contributed by atoms with Gasteiger partial charge in [-0.15, -0.1) is 0 Å². The Morgan fingerprint density at radius 1 is 0.905 bits per heavy atom. The van der Waals surface area contributed by atoms with Crippen molar-refractivity contribution in [1.82, 2.24) is 4.90 Å². The van der Waals surface area contributed by atoms with Crippen LogP contribution in [0.15, 0.2) is 0 Å². The summed E-state index contributed by atoms with van der Waals surface area (Å²) in [5.74, 6) is -1.31. The normalized spacial score (nSPS) is 9.43. The van der Waals surface area contributed by atoms with Gasteiger partial charge >= 0.3 is 29.6 Å². The predicted octanol–water partition coefficient (Wildman–Crippen LogP) is -1.71.